The Bertz CT molecular complexity index is 3390. The SMILES string of the molecule is c1ccc(C2=NC(c3ccccc3)NC(c3ccc4sc5cccc(-c6ccc7oc8cc(-n9c%10ccccc%10c%10ccccc%109)ccc8c7c6)c5c4c3)=N2)cc1. The van der Waals surface area contributed by atoms with Gasteiger partial charge in [-0.3, -0.25) is 0 Å². The van der Waals surface area contributed by atoms with Gasteiger partial charge in [0, 0.05) is 64.6 Å². The average Bonchev–Trinajstić information content (AvgIpc) is 3.95. The van der Waals surface area contributed by atoms with Gasteiger partial charge in [-0.15, -0.1) is 11.3 Å². The van der Waals surface area contributed by atoms with Gasteiger partial charge in [0.05, 0.1) is 11.0 Å². The van der Waals surface area contributed by atoms with E-state index in [0.717, 1.165) is 61.6 Å². The smallest absolute Gasteiger partial charge is 0.159 e. The summed E-state index contributed by atoms with van der Waals surface area (Å²) < 4.78 is 11.4. The summed E-state index contributed by atoms with van der Waals surface area (Å²) in [4.78, 5) is 10.2. The first kappa shape index (κ1) is 32.0. The van der Waals surface area contributed by atoms with Gasteiger partial charge >= 0.3 is 0 Å². The van der Waals surface area contributed by atoms with Gasteiger partial charge in [-0.2, -0.15) is 0 Å². The van der Waals surface area contributed by atoms with Crippen LogP contribution in [0.2, 0.25) is 0 Å². The monoisotopic (exact) mass is 748 g/mol. The van der Waals surface area contributed by atoms with Gasteiger partial charge in [0.2, 0.25) is 0 Å². The van der Waals surface area contributed by atoms with Crippen LogP contribution in [0.15, 0.2) is 196 Å². The van der Waals surface area contributed by atoms with Crippen LogP contribution in [0.3, 0.4) is 0 Å². The Morgan fingerprint density at radius 2 is 1.23 bits per heavy atom. The molecule has 1 aliphatic rings. The molecule has 0 saturated heterocycles. The Morgan fingerprint density at radius 1 is 0.509 bits per heavy atom. The number of amidine groups is 2. The molecule has 0 amide bonds. The van der Waals surface area contributed by atoms with E-state index in [9.17, 15) is 0 Å². The lowest BCUT2D eigenvalue weighted by Crippen LogP contribution is -2.33. The van der Waals surface area contributed by atoms with Gasteiger partial charge in [0.15, 0.2) is 5.84 Å². The largest absolute Gasteiger partial charge is 0.456 e. The van der Waals surface area contributed by atoms with Crippen molar-refractivity contribution in [3.63, 3.8) is 0 Å². The van der Waals surface area contributed by atoms with Crippen molar-refractivity contribution >= 4 is 86.9 Å². The van der Waals surface area contributed by atoms with Crippen molar-refractivity contribution in [2.75, 3.05) is 0 Å². The van der Waals surface area contributed by atoms with Crippen LogP contribution in [-0.4, -0.2) is 16.2 Å². The minimum absolute atomic E-state index is 0.256. The van der Waals surface area contributed by atoms with E-state index in [1.54, 1.807) is 0 Å². The van der Waals surface area contributed by atoms with Crippen LogP contribution in [0.1, 0.15) is 22.9 Å². The molecule has 0 fully saturated rings. The third-order valence-electron chi connectivity index (χ3n) is 11.3. The molecule has 1 atom stereocenters. The minimum atomic E-state index is -0.256. The second-order valence-electron chi connectivity index (χ2n) is 14.6. The number of thiophene rings is 1. The Labute approximate surface area is 331 Å². The molecule has 11 aromatic rings. The first-order chi connectivity index (χ1) is 28.2. The molecule has 57 heavy (non-hydrogen) atoms. The zero-order valence-corrected chi connectivity index (χ0v) is 31.4. The highest BCUT2D eigenvalue weighted by Gasteiger charge is 2.22. The van der Waals surface area contributed by atoms with Crippen LogP contribution in [0.4, 0.5) is 0 Å². The molecule has 12 rings (SSSR count). The predicted octanol–water partition coefficient (Wildman–Crippen LogP) is 13.2. The molecule has 268 valence electrons. The summed E-state index contributed by atoms with van der Waals surface area (Å²) in [5.74, 6) is 1.53. The number of para-hydroxylation sites is 2. The summed E-state index contributed by atoms with van der Waals surface area (Å²) in [5.41, 5.74) is 10.7. The molecular weight excluding hydrogens is 717 g/mol. The van der Waals surface area contributed by atoms with Crippen molar-refractivity contribution in [2.24, 2.45) is 9.98 Å². The normalized spacial score (nSPS) is 14.5. The molecule has 8 aromatic carbocycles. The predicted molar refractivity (Wildman–Crippen MR) is 238 cm³/mol. The van der Waals surface area contributed by atoms with Crippen molar-refractivity contribution in [1.29, 1.82) is 0 Å². The van der Waals surface area contributed by atoms with Gasteiger partial charge in [-0.25, -0.2) is 9.98 Å². The van der Waals surface area contributed by atoms with Crippen LogP contribution in [-0.2, 0) is 0 Å². The first-order valence-electron chi connectivity index (χ1n) is 19.2. The number of hydrogen-bond acceptors (Lipinski definition) is 5. The van der Waals surface area contributed by atoms with Crippen LogP contribution in [0, 0.1) is 0 Å². The van der Waals surface area contributed by atoms with Gasteiger partial charge in [0.1, 0.15) is 23.2 Å². The second kappa shape index (κ2) is 12.6. The van der Waals surface area contributed by atoms with E-state index in [2.05, 4.69) is 168 Å². The lowest BCUT2D eigenvalue weighted by atomic mass is 9.97. The zero-order chi connectivity index (χ0) is 37.5. The number of rotatable bonds is 5. The maximum Gasteiger partial charge on any atom is 0.159 e. The lowest BCUT2D eigenvalue weighted by Gasteiger charge is -2.23. The molecule has 0 saturated carbocycles. The van der Waals surface area contributed by atoms with Crippen molar-refractivity contribution in [3.05, 3.63) is 199 Å². The van der Waals surface area contributed by atoms with Crippen molar-refractivity contribution < 1.29 is 4.42 Å². The number of benzene rings is 8. The van der Waals surface area contributed by atoms with E-state index in [-0.39, 0.29) is 6.17 Å². The minimum Gasteiger partial charge on any atom is -0.456 e. The second-order valence-corrected chi connectivity index (χ2v) is 15.7. The van der Waals surface area contributed by atoms with Crippen LogP contribution >= 0.6 is 11.3 Å². The molecular formula is C51H32N4OS. The molecule has 0 spiro atoms. The van der Waals surface area contributed by atoms with E-state index < -0.39 is 0 Å². The maximum atomic E-state index is 6.57. The van der Waals surface area contributed by atoms with Crippen molar-refractivity contribution in [3.8, 4) is 16.8 Å². The molecule has 4 heterocycles. The molecule has 0 aliphatic carbocycles. The fourth-order valence-corrected chi connectivity index (χ4v) is 9.72. The highest BCUT2D eigenvalue weighted by molar-refractivity contribution is 7.26. The summed E-state index contributed by atoms with van der Waals surface area (Å²) in [6.45, 7) is 0. The topological polar surface area (TPSA) is 54.8 Å². The number of furan rings is 1. The number of nitrogens with zero attached hydrogens (tertiary/aromatic N) is 3. The molecule has 0 bridgehead atoms. The number of nitrogens with one attached hydrogen (secondary N) is 1. The number of aliphatic imine (C=N–C) groups is 2. The maximum absolute atomic E-state index is 6.57. The van der Waals surface area contributed by atoms with E-state index in [0.29, 0.717) is 0 Å². The van der Waals surface area contributed by atoms with Gasteiger partial charge < -0.3 is 14.3 Å². The average molecular weight is 749 g/mol. The quantitative estimate of drug-likeness (QED) is 0.191. The Kier molecular flexibility index (Phi) is 7.09. The Hall–Kier alpha value is -7.28. The fraction of sp³-hybridized carbons (Fsp3) is 0.0196. The van der Waals surface area contributed by atoms with Crippen LogP contribution in [0.25, 0.3) is 80.7 Å². The van der Waals surface area contributed by atoms with Crippen LogP contribution in [0.5, 0.6) is 0 Å². The fourth-order valence-electron chi connectivity index (χ4n) is 8.61. The third-order valence-corrected chi connectivity index (χ3v) is 12.4. The zero-order valence-electron chi connectivity index (χ0n) is 30.6. The molecule has 5 nitrogen and oxygen atoms in total. The molecule has 1 N–H and O–H groups in total. The number of aromatic nitrogens is 1. The van der Waals surface area contributed by atoms with Gasteiger partial charge in [-0.1, -0.05) is 115 Å². The summed E-state index contributed by atoms with van der Waals surface area (Å²) in [6, 6.07) is 64.4. The Morgan fingerprint density at radius 3 is 2.04 bits per heavy atom. The molecule has 1 unspecified atom stereocenters. The van der Waals surface area contributed by atoms with Gasteiger partial charge in [-0.05, 0) is 77.4 Å². The number of fused-ring (bicyclic) bond motifs is 9. The van der Waals surface area contributed by atoms with E-state index >= 15 is 0 Å². The molecule has 6 heteroatoms. The van der Waals surface area contributed by atoms with E-state index in [4.69, 9.17) is 14.4 Å². The molecule has 3 aromatic heterocycles. The first-order valence-corrected chi connectivity index (χ1v) is 20.0. The van der Waals surface area contributed by atoms with Crippen molar-refractivity contribution in [1.82, 2.24) is 9.88 Å². The third kappa shape index (κ3) is 5.15. The number of hydrogen-bond donors (Lipinski definition) is 1. The molecule has 1 aliphatic heterocycles. The lowest BCUT2D eigenvalue weighted by molar-refractivity contribution is 0.668. The summed E-state index contributed by atoms with van der Waals surface area (Å²) in [6.07, 6.45) is -0.256. The standard InChI is InChI=1S/C51H32N4OS/c1-3-12-31(13-4-1)49-52-50(32-14-5-2-6-15-32)54-51(53-49)34-23-27-46-41(29-34)48-36(18-11-21-47(48)57-46)33-22-26-44-40(28-33)39-25-24-35(30-45(39)56-44)55-42-19-9-7-16-37(42)38-17-8-10-20-43(38)55/h1-30,49H,(H,52,53,54). The van der Waals surface area contributed by atoms with Crippen LogP contribution < -0.4 is 5.32 Å². The van der Waals surface area contributed by atoms with Gasteiger partial charge in [0.25, 0.3) is 0 Å². The highest BCUT2D eigenvalue weighted by Crippen LogP contribution is 2.42. The summed E-state index contributed by atoms with van der Waals surface area (Å²) in [5, 5.41) is 10.8. The Balaban J connectivity index is 0.971. The van der Waals surface area contributed by atoms with E-state index in [1.807, 2.05) is 35.6 Å². The highest BCUT2D eigenvalue weighted by atomic mass is 32.1. The van der Waals surface area contributed by atoms with E-state index in [1.165, 1.54) is 47.5 Å². The summed E-state index contributed by atoms with van der Waals surface area (Å²) in [7, 11) is 0. The van der Waals surface area contributed by atoms with Crippen molar-refractivity contribution in [2.45, 2.75) is 6.17 Å². The summed E-state index contributed by atoms with van der Waals surface area (Å²) >= 11 is 1.83. The molecule has 0 radical (unpaired) electrons.